The molecule has 0 aliphatic heterocycles. The van der Waals surface area contributed by atoms with E-state index in [4.69, 9.17) is 66.1 Å². The Morgan fingerprint density at radius 3 is 1.04 bits per heavy atom. The molecule has 0 amide bonds. The summed E-state index contributed by atoms with van der Waals surface area (Å²) in [5, 5.41) is 8.45. The zero-order chi connectivity index (χ0) is 40.8. The number of aliphatic carboxylic acids is 1. The van der Waals surface area contributed by atoms with Gasteiger partial charge in [0.15, 0.2) is 0 Å². The van der Waals surface area contributed by atoms with Crippen LogP contribution in [0, 0.1) is 6.92 Å². The van der Waals surface area contributed by atoms with Crippen LogP contribution in [0.3, 0.4) is 0 Å². The van der Waals surface area contributed by atoms with E-state index in [1.54, 1.807) is 12.1 Å². The van der Waals surface area contributed by atoms with Crippen molar-refractivity contribution in [1.29, 1.82) is 0 Å². The van der Waals surface area contributed by atoms with Gasteiger partial charge in [-0.3, -0.25) is 13.8 Å². The minimum Gasteiger partial charge on any atom is -0.476 e. The first-order valence-electron chi connectivity index (χ1n) is 18.5. The molecule has 1 N–H and O–H groups in total. The summed E-state index contributed by atoms with van der Waals surface area (Å²) in [6.45, 7) is 10.3. The van der Waals surface area contributed by atoms with Crippen LogP contribution < -0.4 is 0 Å². The number of hydrogen-bond acceptors (Lipinski definition) is 18. The Morgan fingerprint density at radius 2 is 0.732 bits per heavy atom. The second-order valence-electron chi connectivity index (χ2n) is 11.3. The van der Waals surface area contributed by atoms with Crippen LogP contribution in [0.5, 0.6) is 0 Å². The van der Waals surface area contributed by atoms with Gasteiger partial charge in [-0.1, -0.05) is 17.7 Å². The molecule has 0 atom stereocenters. The van der Waals surface area contributed by atoms with Crippen LogP contribution in [0.25, 0.3) is 0 Å². The number of rotatable bonds is 42. The fourth-order valence-electron chi connectivity index (χ4n) is 3.89. The zero-order valence-corrected chi connectivity index (χ0v) is 33.2. The number of benzene rings is 1. The van der Waals surface area contributed by atoms with Crippen molar-refractivity contribution in [2.24, 2.45) is 0 Å². The fraction of sp³-hybridized carbons (Fsp3) is 0.750. The van der Waals surface area contributed by atoms with E-state index in [9.17, 15) is 22.8 Å². The van der Waals surface area contributed by atoms with Crippen molar-refractivity contribution >= 4 is 27.8 Å². The van der Waals surface area contributed by atoms with E-state index in [2.05, 4.69) is 0 Å². The van der Waals surface area contributed by atoms with Gasteiger partial charge in [-0.2, -0.15) is 8.42 Å². The summed E-state index contributed by atoms with van der Waals surface area (Å²) in [5.74, 6) is -3.26. The molecule has 1 aromatic rings. The number of ether oxygens (including phenoxy) is 12. The molecule has 0 heterocycles. The molecular formula is C36H60O19S. The van der Waals surface area contributed by atoms with Gasteiger partial charge in [0.25, 0.3) is 10.1 Å². The monoisotopic (exact) mass is 828 g/mol. The number of carboxylic acids is 1. The van der Waals surface area contributed by atoms with Gasteiger partial charge in [0.2, 0.25) is 5.78 Å². The summed E-state index contributed by atoms with van der Waals surface area (Å²) in [7, 11) is -3.79. The van der Waals surface area contributed by atoms with Crippen molar-refractivity contribution in [2.45, 2.75) is 24.7 Å². The molecule has 19 nitrogen and oxygen atoms in total. The quantitative estimate of drug-likeness (QED) is 0.0417. The van der Waals surface area contributed by atoms with E-state index in [-0.39, 0.29) is 37.7 Å². The predicted molar refractivity (Wildman–Crippen MR) is 196 cm³/mol. The Hall–Kier alpha value is -2.70. The minimum absolute atomic E-state index is 0.00446. The highest BCUT2D eigenvalue weighted by molar-refractivity contribution is 7.86. The third-order valence-corrected chi connectivity index (χ3v) is 8.11. The Balaban J connectivity index is 1.67. The van der Waals surface area contributed by atoms with Crippen LogP contribution in [0.2, 0.25) is 0 Å². The van der Waals surface area contributed by atoms with Crippen molar-refractivity contribution in [3.05, 3.63) is 29.8 Å². The molecule has 0 radical (unpaired) electrons. The standard InChI is InChI=1S/C36H60O19S/c1-32-2-4-33(5-3-32)56(41,42)55-31-29-53-27-25-51-23-21-49-19-17-47-15-13-45-11-9-43-8-10-44-12-14-46-16-18-48-20-22-50-24-26-52-28-30-54-35(38)7-6-34(37)36(39)40/h2-5H,6-31H2,1H3,(H,39,40). The lowest BCUT2D eigenvalue weighted by Gasteiger charge is -2.09. The summed E-state index contributed by atoms with van der Waals surface area (Å²) in [6, 6.07) is 6.45. The molecule has 0 spiro atoms. The van der Waals surface area contributed by atoms with Gasteiger partial charge in [0.05, 0.1) is 163 Å². The van der Waals surface area contributed by atoms with Gasteiger partial charge in [-0.25, -0.2) is 4.79 Å². The van der Waals surface area contributed by atoms with Gasteiger partial charge in [0, 0.05) is 6.42 Å². The predicted octanol–water partition coefficient (Wildman–Crippen LogP) is 0.860. The molecule has 1 rings (SSSR count). The second-order valence-corrected chi connectivity index (χ2v) is 12.9. The Kier molecular flexibility index (Phi) is 33.6. The van der Waals surface area contributed by atoms with E-state index in [0.29, 0.717) is 132 Å². The maximum Gasteiger partial charge on any atom is 0.372 e. The molecule has 0 aliphatic carbocycles. The molecular weight excluding hydrogens is 768 g/mol. The summed E-state index contributed by atoms with van der Waals surface area (Å²) >= 11 is 0. The molecule has 0 aliphatic rings. The summed E-state index contributed by atoms with van der Waals surface area (Å²) in [4.78, 5) is 32.8. The first-order valence-corrected chi connectivity index (χ1v) is 19.9. The second kappa shape index (κ2) is 36.6. The van der Waals surface area contributed by atoms with Gasteiger partial charge in [-0.05, 0) is 19.1 Å². The molecule has 0 saturated carbocycles. The number of carboxylic acid groups (broad SMARTS) is 1. The van der Waals surface area contributed by atoms with Gasteiger partial charge < -0.3 is 61.9 Å². The van der Waals surface area contributed by atoms with E-state index >= 15 is 0 Å². The molecule has 0 saturated heterocycles. The zero-order valence-electron chi connectivity index (χ0n) is 32.4. The van der Waals surface area contributed by atoms with Crippen LogP contribution in [0.4, 0.5) is 0 Å². The van der Waals surface area contributed by atoms with Crippen LogP contribution in [0.15, 0.2) is 29.2 Å². The molecule has 0 bridgehead atoms. The highest BCUT2D eigenvalue weighted by atomic mass is 32.2. The van der Waals surface area contributed by atoms with Crippen molar-refractivity contribution < 1.29 is 88.9 Å². The highest BCUT2D eigenvalue weighted by Crippen LogP contribution is 2.13. The fourth-order valence-corrected chi connectivity index (χ4v) is 4.78. The lowest BCUT2D eigenvalue weighted by atomic mass is 10.2. The average Bonchev–Trinajstić information content (AvgIpc) is 3.18. The SMILES string of the molecule is Cc1ccc(S(=O)(=O)OCCOCCOCCOCCOCCOCCOCCOCCOCCOCCOCCOCCOC(=O)CCC(=O)C(=O)O)cc1. The summed E-state index contributed by atoms with van der Waals surface area (Å²) < 4.78 is 93.5. The normalized spacial score (nSPS) is 11.6. The number of aryl methyl sites for hydroxylation is 1. The van der Waals surface area contributed by atoms with E-state index in [0.717, 1.165) is 5.56 Å². The lowest BCUT2D eigenvalue weighted by Crippen LogP contribution is -2.17. The molecule has 1 aromatic carbocycles. The first kappa shape index (κ1) is 51.3. The van der Waals surface area contributed by atoms with E-state index in [1.165, 1.54) is 12.1 Å². The third-order valence-electron chi connectivity index (χ3n) is 6.78. The summed E-state index contributed by atoms with van der Waals surface area (Å²) in [5.41, 5.74) is 0.965. The molecule has 56 heavy (non-hydrogen) atoms. The average molecular weight is 829 g/mol. The largest absolute Gasteiger partial charge is 0.476 e. The topological polar surface area (TPSA) is 226 Å². The van der Waals surface area contributed by atoms with Crippen LogP contribution in [-0.4, -0.2) is 190 Å². The van der Waals surface area contributed by atoms with Crippen molar-refractivity contribution in [1.82, 2.24) is 0 Å². The Labute approximate surface area is 329 Å². The van der Waals surface area contributed by atoms with Crippen LogP contribution in [0.1, 0.15) is 18.4 Å². The number of carbonyl (C=O) groups excluding carboxylic acids is 2. The summed E-state index contributed by atoms with van der Waals surface area (Å²) in [6.07, 6.45) is -0.676. The first-order chi connectivity index (χ1) is 27.2. The smallest absolute Gasteiger partial charge is 0.372 e. The maximum atomic E-state index is 12.1. The Morgan fingerprint density at radius 1 is 0.446 bits per heavy atom. The minimum atomic E-state index is -3.79. The molecule has 0 aromatic heterocycles. The van der Waals surface area contributed by atoms with Crippen molar-refractivity contribution in [3.63, 3.8) is 0 Å². The number of Topliss-reactive ketones (excluding diaryl/α,β-unsaturated/α-hetero) is 1. The van der Waals surface area contributed by atoms with Crippen LogP contribution in [-0.2, 0) is 85.5 Å². The number of esters is 1. The van der Waals surface area contributed by atoms with Crippen LogP contribution >= 0.6 is 0 Å². The maximum absolute atomic E-state index is 12.1. The molecule has 0 unspecified atom stereocenters. The van der Waals surface area contributed by atoms with Gasteiger partial charge in [0.1, 0.15) is 6.61 Å². The van der Waals surface area contributed by atoms with Crippen molar-refractivity contribution in [3.8, 4) is 0 Å². The number of ketones is 1. The van der Waals surface area contributed by atoms with E-state index in [1.807, 2.05) is 6.92 Å². The number of hydrogen-bond donors (Lipinski definition) is 1. The molecule has 20 heteroatoms. The number of carbonyl (C=O) groups is 3. The van der Waals surface area contributed by atoms with Gasteiger partial charge in [-0.15, -0.1) is 0 Å². The van der Waals surface area contributed by atoms with Gasteiger partial charge >= 0.3 is 11.9 Å². The van der Waals surface area contributed by atoms with Crippen molar-refractivity contribution in [2.75, 3.05) is 159 Å². The molecule has 324 valence electrons. The Bertz CT molecular complexity index is 1220. The van der Waals surface area contributed by atoms with E-state index < -0.39 is 34.3 Å². The molecule has 0 fully saturated rings. The third kappa shape index (κ3) is 32.4. The highest BCUT2D eigenvalue weighted by Gasteiger charge is 2.15. The lowest BCUT2D eigenvalue weighted by molar-refractivity contribution is -0.151.